The first kappa shape index (κ1) is 7.98. The Balaban J connectivity index is 2.94. The van der Waals surface area contributed by atoms with Crippen LogP contribution in [0, 0.1) is 11.6 Å². The monoisotopic (exact) mass is 179 g/mol. The number of benzene rings is 2. The number of fused-ring (bicyclic) bond motifs is 1. The minimum atomic E-state index is -0.849. The molecule has 0 spiro atoms. The van der Waals surface area contributed by atoms with Gasteiger partial charge in [0.2, 0.25) is 0 Å². The summed E-state index contributed by atoms with van der Waals surface area (Å²) in [5.74, 6) is -1.69. The van der Waals surface area contributed by atoms with Crippen molar-refractivity contribution in [3.05, 3.63) is 42.0 Å². The molecular formula is C10H7F2N. The van der Waals surface area contributed by atoms with Crippen molar-refractivity contribution in [3.63, 3.8) is 0 Å². The van der Waals surface area contributed by atoms with Crippen LogP contribution >= 0.6 is 0 Å². The molecule has 0 saturated carbocycles. The van der Waals surface area contributed by atoms with Gasteiger partial charge in [0.05, 0.1) is 0 Å². The minimum absolute atomic E-state index is 0.222. The van der Waals surface area contributed by atoms with E-state index < -0.39 is 11.6 Å². The van der Waals surface area contributed by atoms with Crippen molar-refractivity contribution in [2.45, 2.75) is 0 Å². The topological polar surface area (TPSA) is 26.0 Å². The van der Waals surface area contributed by atoms with Gasteiger partial charge in [-0.1, -0.05) is 12.1 Å². The third-order valence-electron chi connectivity index (χ3n) is 1.98. The molecule has 0 aliphatic carbocycles. The second-order valence-corrected chi connectivity index (χ2v) is 2.80. The highest BCUT2D eigenvalue weighted by Crippen LogP contribution is 2.24. The number of halogens is 2. The molecule has 0 unspecified atom stereocenters. The maximum Gasteiger partial charge on any atom is 0.166 e. The highest BCUT2D eigenvalue weighted by atomic mass is 19.2. The van der Waals surface area contributed by atoms with Gasteiger partial charge in [0.1, 0.15) is 0 Å². The summed E-state index contributed by atoms with van der Waals surface area (Å²) in [7, 11) is 0. The summed E-state index contributed by atoms with van der Waals surface area (Å²) < 4.78 is 25.9. The molecule has 0 fully saturated rings. The van der Waals surface area contributed by atoms with E-state index in [0.717, 1.165) is 6.07 Å². The average molecular weight is 179 g/mol. The van der Waals surface area contributed by atoms with Crippen molar-refractivity contribution in [1.82, 2.24) is 0 Å². The molecule has 0 amide bonds. The van der Waals surface area contributed by atoms with E-state index in [-0.39, 0.29) is 5.39 Å². The zero-order chi connectivity index (χ0) is 9.42. The molecule has 0 atom stereocenters. The Labute approximate surface area is 73.8 Å². The van der Waals surface area contributed by atoms with Crippen molar-refractivity contribution in [2.75, 3.05) is 5.73 Å². The first-order valence-electron chi connectivity index (χ1n) is 3.82. The molecule has 13 heavy (non-hydrogen) atoms. The normalized spacial score (nSPS) is 10.6. The fourth-order valence-corrected chi connectivity index (χ4v) is 1.32. The lowest BCUT2D eigenvalue weighted by Crippen LogP contribution is -1.90. The summed E-state index contributed by atoms with van der Waals surface area (Å²) >= 11 is 0. The molecule has 0 bridgehead atoms. The van der Waals surface area contributed by atoms with Crippen molar-refractivity contribution in [2.24, 2.45) is 0 Å². The quantitative estimate of drug-likeness (QED) is 0.618. The van der Waals surface area contributed by atoms with Gasteiger partial charge in [0.25, 0.3) is 0 Å². The van der Waals surface area contributed by atoms with Crippen LogP contribution in [0.4, 0.5) is 14.5 Å². The Morgan fingerprint density at radius 1 is 0.923 bits per heavy atom. The van der Waals surface area contributed by atoms with Crippen LogP contribution in [0.1, 0.15) is 0 Å². The van der Waals surface area contributed by atoms with Gasteiger partial charge in [-0.15, -0.1) is 0 Å². The summed E-state index contributed by atoms with van der Waals surface area (Å²) in [5.41, 5.74) is 6.04. The highest BCUT2D eigenvalue weighted by Gasteiger charge is 2.07. The van der Waals surface area contributed by atoms with Crippen LogP contribution in [-0.2, 0) is 0 Å². The van der Waals surface area contributed by atoms with Crippen LogP contribution in [0.2, 0.25) is 0 Å². The second-order valence-electron chi connectivity index (χ2n) is 2.80. The van der Waals surface area contributed by atoms with Crippen molar-refractivity contribution >= 4 is 16.5 Å². The van der Waals surface area contributed by atoms with E-state index in [4.69, 9.17) is 5.73 Å². The molecule has 66 valence electrons. The molecule has 2 rings (SSSR count). The first-order valence-corrected chi connectivity index (χ1v) is 3.82. The number of hydrogen-bond acceptors (Lipinski definition) is 1. The third-order valence-corrected chi connectivity index (χ3v) is 1.98. The van der Waals surface area contributed by atoms with Gasteiger partial charge >= 0.3 is 0 Å². The average Bonchev–Trinajstić information content (AvgIpc) is 2.12. The van der Waals surface area contributed by atoms with Crippen LogP contribution in [0.15, 0.2) is 30.3 Å². The molecule has 0 heterocycles. The van der Waals surface area contributed by atoms with E-state index in [2.05, 4.69) is 0 Å². The van der Waals surface area contributed by atoms with Crippen LogP contribution in [0.5, 0.6) is 0 Å². The fourth-order valence-electron chi connectivity index (χ4n) is 1.32. The molecule has 0 radical (unpaired) electrons. The SMILES string of the molecule is Nc1cccc2c(F)c(F)ccc12. The van der Waals surface area contributed by atoms with Gasteiger partial charge < -0.3 is 5.73 Å². The lowest BCUT2D eigenvalue weighted by atomic mass is 10.1. The number of hydrogen-bond donors (Lipinski definition) is 1. The highest BCUT2D eigenvalue weighted by molar-refractivity contribution is 5.93. The molecule has 0 aliphatic rings. The third kappa shape index (κ3) is 1.13. The molecule has 2 aromatic carbocycles. The van der Waals surface area contributed by atoms with Crippen LogP contribution < -0.4 is 5.73 Å². The van der Waals surface area contributed by atoms with E-state index in [0.29, 0.717) is 11.1 Å². The standard InChI is InChI=1S/C10H7F2N/c11-8-5-4-6-7(10(8)12)2-1-3-9(6)13/h1-5H,13H2. The largest absolute Gasteiger partial charge is 0.398 e. The summed E-state index contributed by atoms with van der Waals surface area (Å²) in [6.07, 6.45) is 0. The Hall–Kier alpha value is -1.64. The maximum atomic E-state index is 13.1. The van der Waals surface area contributed by atoms with Gasteiger partial charge in [-0.2, -0.15) is 0 Å². The zero-order valence-electron chi connectivity index (χ0n) is 6.72. The van der Waals surface area contributed by atoms with Crippen LogP contribution in [-0.4, -0.2) is 0 Å². The summed E-state index contributed by atoms with van der Waals surface area (Å²) in [6.45, 7) is 0. The molecule has 2 aromatic rings. The molecule has 0 saturated heterocycles. The fraction of sp³-hybridized carbons (Fsp3) is 0. The lowest BCUT2D eigenvalue weighted by molar-refractivity contribution is 0.517. The Kier molecular flexibility index (Phi) is 1.65. The number of nitrogens with two attached hydrogens (primary N) is 1. The molecule has 2 N–H and O–H groups in total. The van der Waals surface area contributed by atoms with Gasteiger partial charge in [0.15, 0.2) is 11.6 Å². The predicted octanol–water partition coefficient (Wildman–Crippen LogP) is 2.70. The van der Waals surface area contributed by atoms with Gasteiger partial charge in [-0.25, -0.2) is 8.78 Å². The Bertz CT molecular complexity index is 466. The molecule has 0 aromatic heterocycles. The van der Waals surface area contributed by atoms with Crippen LogP contribution in [0.25, 0.3) is 10.8 Å². The van der Waals surface area contributed by atoms with Crippen molar-refractivity contribution < 1.29 is 8.78 Å². The van der Waals surface area contributed by atoms with Crippen molar-refractivity contribution in [1.29, 1.82) is 0 Å². The second kappa shape index (κ2) is 2.69. The Morgan fingerprint density at radius 2 is 1.69 bits per heavy atom. The number of nitrogen functional groups attached to an aromatic ring is 1. The molecular weight excluding hydrogens is 172 g/mol. The van der Waals surface area contributed by atoms with E-state index in [1.165, 1.54) is 12.1 Å². The molecule has 1 nitrogen and oxygen atoms in total. The van der Waals surface area contributed by atoms with Gasteiger partial charge in [-0.05, 0) is 18.2 Å². The number of anilines is 1. The molecule has 0 aliphatic heterocycles. The zero-order valence-corrected chi connectivity index (χ0v) is 6.72. The van der Waals surface area contributed by atoms with E-state index in [9.17, 15) is 8.78 Å². The summed E-state index contributed by atoms with van der Waals surface area (Å²) in [6, 6.07) is 7.31. The summed E-state index contributed by atoms with van der Waals surface area (Å²) in [5, 5.41) is 0.765. The van der Waals surface area contributed by atoms with E-state index in [1.807, 2.05) is 0 Å². The minimum Gasteiger partial charge on any atom is -0.398 e. The van der Waals surface area contributed by atoms with E-state index >= 15 is 0 Å². The first-order chi connectivity index (χ1) is 6.20. The molecule has 3 heteroatoms. The summed E-state index contributed by atoms with van der Waals surface area (Å²) in [4.78, 5) is 0. The van der Waals surface area contributed by atoms with Crippen molar-refractivity contribution in [3.8, 4) is 0 Å². The lowest BCUT2D eigenvalue weighted by Gasteiger charge is -2.02. The van der Waals surface area contributed by atoms with Gasteiger partial charge in [-0.3, -0.25) is 0 Å². The van der Waals surface area contributed by atoms with E-state index in [1.54, 1.807) is 12.1 Å². The smallest absolute Gasteiger partial charge is 0.166 e. The number of rotatable bonds is 0. The maximum absolute atomic E-state index is 13.1. The van der Waals surface area contributed by atoms with Crippen LogP contribution in [0.3, 0.4) is 0 Å². The predicted molar refractivity (Wildman–Crippen MR) is 48.3 cm³/mol. The Morgan fingerprint density at radius 3 is 2.46 bits per heavy atom. The van der Waals surface area contributed by atoms with Gasteiger partial charge in [0, 0.05) is 16.5 Å².